The number of methoxy groups -OCH3 is 1. The van der Waals surface area contributed by atoms with Crippen molar-refractivity contribution in [1.29, 1.82) is 0 Å². The first-order chi connectivity index (χ1) is 7.79. The Morgan fingerprint density at radius 2 is 2.31 bits per heavy atom. The van der Waals surface area contributed by atoms with E-state index < -0.39 is 0 Å². The Balaban J connectivity index is 1.80. The lowest BCUT2D eigenvalue weighted by molar-refractivity contribution is 0.205. The third-order valence-electron chi connectivity index (χ3n) is 2.53. The highest BCUT2D eigenvalue weighted by atomic mass is 16.5. The topological polar surface area (TPSA) is 63.4 Å². The Labute approximate surface area is 95.0 Å². The van der Waals surface area contributed by atoms with Crippen LogP contribution in [-0.2, 0) is 11.3 Å². The van der Waals surface area contributed by atoms with E-state index in [4.69, 9.17) is 9.15 Å². The van der Waals surface area contributed by atoms with Crippen molar-refractivity contribution in [1.82, 2.24) is 15.5 Å². The van der Waals surface area contributed by atoms with Crippen LogP contribution in [0, 0.1) is 0 Å². The number of nitrogens with one attached hydrogen (secondary N) is 1. The molecular weight excluding hydrogens is 208 g/mol. The molecule has 90 valence electrons. The minimum atomic E-state index is 0.546. The van der Waals surface area contributed by atoms with Crippen LogP contribution in [0.25, 0.3) is 0 Å². The predicted molar refractivity (Wildman–Crippen MR) is 59.3 cm³/mol. The molecule has 1 aromatic heterocycles. The average Bonchev–Trinajstić information content (AvgIpc) is 3.00. The van der Waals surface area contributed by atoms with Crippen LogP contribution in [-0.4, -0.2) is 43.5 Å². The van der Waals surface area contributed by atoms with Gasteiger partial charge in [-0.1, -0.05) is 5.10 Å². The fraction of sp³-hybridized carbons (Fsp3) is 0.800. The number of aromatic nitrogens is 2. The molecule has 1 aliphatic rings. The van der Waals surface area contributed by atoms with E-state index >= 15 is 0 Å². The maximum Gasteiger partial charge on any atom is 0.318 e. The Hall–Kier alpha value is -1.14. The van der Waals surface area contributed by atoms with Gasteiger partial charge in [0.15, 0.2) is 0 Å². The number of likely N-dealkylation sites (N-methyl/N-ethyl adjacent to an activating group) is 1. The summed E-state index contributed by atoms with van der Waals surface area (Å²) >= 11 is 0. The first-order valence-corrected chi connectivity index (χ1v) is 5.55. The summed E-state index contributed by atoms with van der Waals surface area (Å²) in [6, 6.07) is 1.20. The van der Waals surface area contributed by atoms with Gasteiger partial charge in [-0.2, -0.15) is 0 Å². The maximum absolute atomic E-state index is 5.51. The second kappa shape index (κ2) is 5.27. The molecular formula is C10H18N4O2. The van der Waals surface area contributed by atoms with Crippen LogP contribution >= 0.6 is 0 Å². The van der Waals surface area contributed by atoms with Gasteiger partial charge in [0.2, 0.25) is 5.89 Å². The van der Waals surface area contributed by atoms with Crippen molar-refractivity contribution in [3.05, 3.63) is 5.89 Å². The van der Waals surface area contributed by atoms with Crippen molar-refractivity contribution in [2.45, 2.75) is 25.4 Å². The molecule has 0 spiro atoms. The number of hydrogen-bond acceptors (Lipinski definition) is 6. The van der Waals surface area contributed by atoms with E-state index in [1.165, 1.54) is 12.8 Å². The zero-order valence-electron chi connectivity index (χ0n) is 9.77. The molecule has 0 unspecified atom stereocenters. The van der Waals surface area contributed by atoms with Crippen LogP contribution in [0.2, 0.25) is 0 Å². The molecule has 1 fully saturated rings. The molecule has 0 saturated heterocycles. The van der Waals surface area contributed by atoms with E-state index in [9.17, 15) is 0 Å². The van der Waals surface area contributed by atoms with Gasteiger partial charge in [-0.05, 0) is 12.8 Å². The molecule has 1 aliphatic carbocycles. The first kappa shape index (κ1) is 11.3. The van der Waals surface area contributed by atoms with Crippen LogP contribution in [0.4, 0.5) is 6.01 Å². The average molecular weight is 226 g/mol. The molecule has 0 atom stereocenters. The highest BCUT2D eigenvalue weighted by Crippen LogP contribution is 2.19. The minimum Gasteiger partial charge on any atom is -0.407 e. The number of ether oxygens (including phenoxy) is 1. The lowest BCUT2D eigenvalue weighted by Gasteiger charge is -2.12. The molecule has 1 saturated carbocycles. The van der Waals surface area contributed by atoms with Crippen molar-refractivity contribution in [3.8, 4) is 0 Å². The summed E-state index contributed by atoms with van der Waals surface area (Å²) in [5.74, 6) is 0.645. The molecule has 2 rings (SSSR count). The third-order valence-corrected chi connectivity index (χ3v) is 2.53. The van der Waals surface area contributed by atoms with Gasteiger partial charge in [0.25, 0.3) is 0 Å². The van der Waals surface area contributed by atoms with Crippen LogP contribution in [0.15, 0.2) is 4.42 Å². The highest BCUT2D eigenvalue weighted by molar-refractivity contribution is 5.21. The second-order valence-electron chi connectivity index (χ2n) is 4.05. The Kier molecular flexibility index (Phi) is 3.74. The van der Waals surface area contributed by atoms with E-state index in [0.29, 0.717) is 31.1 Å². The van der Waals surface area contributed by atoms with Gasteiger partial charge >= 0.3 is 6.01 Å². The highest BCUT2D eigenvalue weighted by Gasteiger charge is 2.21. The van der Waals surface area contributed by atoms with Gasteiger partial charge < -0.3 is 19.4 Å². The van der Waals surface area contributed by atoms with Crippen molar-refractivity contribution in [2.24, 2.45) is 0 Å². The van der Waals surface area contributed by atoms with Gasteiger partial charge in [0, 0.05) is 26.7 Å². The normalized spacial score (nSPS) is 15.4. The number of anilines is 1. The van der Waals surface area contributed by atoms with Crippen molar-refractivity contribution in [2.75, 3.05) is 32.2 Å². The fourth-order valence-electron chi connectivity index (χ4n) is 1.31. The van der Waals surface area contributed by atoms with Crippen molar-refractivity contribution < 1.29 is 9.15 Å². The van der Waals surface area contributed by atoms with Crippen molar-refractivity contribution >= 4 is 6.01 Å². The van der Waals surface area contributed by atoms with Gasteiger partial charge in [-0.15, -0.1) is 5.10 Å². The van der Waals surface area contributed by atoms with E-state index in [1.807, 2.05) is 11.9 Å². The van der Waals surface area contributed by atoms with Crippen LogP contribution in [0.5, 0.6) is 0 Å². The summed E-state index contributed by atoms with van der Waals surface area (Å²) in [5.41, 5.74) is 0. The smallest absolute Gasteiger partial charge is 0.318 e. The maximum atomic E-state index is 5.51. The minimum absolute atomic E-state index is 0.546. The molecule has 6 nitrogen and oxygen atoms in total. The zero-order chi connectivity index (χ0) is 11.4. The largest absolute Gasteiger partial charge is 0.407 e. The van der Waals surface area contributed by atoms with Crippen LogP contribution in [0.1, 0.15) is 18.7 Å². The van der Waals surface area contributed by atoms with E-state index in [0.717, 1.165) is 6.54 Å². The lowest BCUT2D eigenvalue weighted by Crippen LogP contribution is -2.22. The Morgan fingerprint density at radius 3 is 3.00 bits per heavy atom. The zero-order valence-corrected chi connectivity index (χ0v) is 9.77. The van der Waals surface area contributed by atoms with Crippen molar-refractivity contribution in [3.63, 3.8) is 0 Å². The van der Waals surface area contributed by atoms with E-state index in [2.05, 4.69) is 15.5 Å². The quantitative estimate of drug-likeness (QED) is 0.726. The van der Waals surface area contributed by atoms with Crippen LogP contribution in [0.3, 0.4) is 0 Å². The molecule has 0 aliphatic heterocycles. The van der Waals surface area contributed by atoms with Crippen LogP contribution < -0.4 is 10.2 Å². The van der Waals surface area contributed by atoms with Gasteiger partial charge in [-0.25, -0.2) is 0 Å². The molecule has 1 heterocycles. The van der Waals surface area contributed by atoms with Gasteiger partial charge in [-0.3, -0.25) is 0 Å². The second-order valence-corrected chi connectivity index (χ2v) is 4.05. The first-order valence-electron chi connectivity index (χ1n) is 5.55. The summed E-state index contributed by atoms with van der Waals surface area (Å²) < 4.78 is 10.5. The van der Waals surface area contributed by atoms with Gasteiger partial charge in [0.05, 0.1) is 13.2 Å². The standard InChI is InChI=1S/C10H18N4O2/c1-14(5-6-15-2)10-13-12-9(16-10)7-11-8-3-4-8/h8,11H,3-7H2,1-2H3. The molecule has 6 heteroatoms. The monoisotopic (exact) mass is 226 g/mol. The summed E-state index contributed by atoms with van der Waals surface area (Å²) in [6.45, 7) is 2.05. The molecule has 1 aromatic rings. The summed E-state index contributed by atoms with van der Waals surface area (Å²) in [4.78, 5) is 1.89. The summed E-state index contributed by atoms with van der Waals surface area (Å²) in [6.07, 6.45) is 2.52. The molecule has 1 N–H and O–H groups in total. The SMILES string of the molecule is COCCN(C)c1nnc(CNC2CC2)o1. The van der Waals surface area contributed by atoms with Gasteiger partial charge in [0.1, 0.15) is 0 Å². The number of nitrogens with zero attached hydrogens (tertiary/aromatic N) is 3. The van der Waals surface area contributed by atoms with E-state index in [-0.39, 0.29) is 0 Å². The third kappa shape index (κ3) is 3.18. The Bertz CT molecular complexity index is 324. The fourth-order valence-corrected chi connectivity index (χ4v) is 1.31. The molecule has 0 amide bonds. The predicted octanol–water partition coefficient (Wildman–Crippen LogP) is 0.404. The Morgan fingerprint density at radius 1 is 1.50 bits per heavy atom. The summed E-state index contributed by atoms with van der Waals surface area (Å²) in [5, 5.41) is 11.3. The number of rotatable bonds is 7. The lowest BCUT2D eigenvalue weighted by atomic mass is 10.6. The molecule has 16 heavy (non-hydrogen) atoms. The molecule has 0 aromatic carbocycles. The van der Waals surface area contributed by atoms with E-state index in [1.54, 1.807) is 7.11 Å². The number of hydrogen-bond donors (Lipinski definition) is 1. The summed E-state index contributed by atoms with van der Waals surface area (Å²) in [7, 11) is 3.58. The molecule has 0 bridgehead atoms. The molecule has 0 radical (unpaired) electrons.